The molecule has 0 spiro atoms. The molecule has 0 bridgehead atoms. The van der Waals surface area contributed by atoms with Crippen LogP contribution in [-0.4, -0.2) is 83.7 Å². The number of hydrogen-bond donors (Lipinski definition) is 2. The summed E-state index contributed by atoms with van der Waals surface area (Å²) in [5.41, 5.74) is 0.970. The zero-order valence-corrected chi connectivity index (χ0v) is 21.2. The van der Waals surface area contributed by atoms with Crippen molar-refractivity contribution < 1.29 is 13.2 Å². The fourth-order valence-corrected chi connectivity index (χ4v) is 7.27. The number of nitrogens with two attached hydrogens (primary N) is 1. The van der Waals surface area contributed by atoms with Crippen molar-refractivity contribution in [2.24, 2.45) is 5.14 Å². The summed E-state index contributed by atoms with van der Waals surface area (Å²) in [5, 5.41) is 9.94. The first kappa shape index (κ1) is 23.9. The van der Waals surface area contributed by atoms with E-state index in [4.69, 9.17) is 5.14 Å². The summed E-state index contributed by atoms with van der Waals surface area (Å²) in [6, 6.07) is 0.692. The van der Waals surface area contributed by atoms with E-state index in [1.54, 1.807) is 17.7 Å². The summed E-state index contributed by atoms with van der Waals surface area (Å²) in [6.07, 6.45) is 8.49. The molecule has 1 saturated heterocycles. The van der Waals surface area contributed by atoms with E-state index in [-0.39, 0.29) is 18.5 Å². The van der Waals surface area contributed by atoms with Gasteiger partial charge in [0.15, 0.2) is 0 Å². The number of fused-ring (bicyclic) bond motifs is 3. The van der Waals surface area contributed by atoms with Gasteiger partial charge in [-0.15, -0.1) is 11.3 Å². The van der Waals surface area contributed by atoms with Gasteiger partial charge in [-0.05, 0) is 57.6 Å². The Labute approximate surface area is 204 Å². The maximum absolute atomic E-state index is 12.5. The van der Waals surface area contributed by atoms with Crippen LogP contribution in [0.3, 0.4) is 0 Å². The van der Waals surface area contributed by atoms with Gasteiger partial charge in [-0.3, -0.25) is 9.69 Å². The van der Waals surface area contributed by atoms with Crippen molar-refractivity contribution in [2.45, 2.75) is 63.6 Å². The Balaban J connectivity index is 1.23. The number of amides is 1. The van der Waals surface area contributed by atoms with E-state index in [2.05, 4.69) is 27.2 Å². The average Bonchev–Trinajstić information content (AvgIpc) is 3.47. The van der Waals surface area contributed by atoms with E-state index in [0.29, 0.717) is 25.6 Å². The second kappa shape index (κ2) is 9.65. The molecule has 3 N–H and O–H groups in total. The lowest BCUT2D eigenvalue weighted by Crippen LogP contribution is -2.44. The molecule has 10 nitrogen and oxygen atoms in total. The first-order chi connectivity index (χ1) is 16.3. The molecular weight excluding hydrogens is 474 g/mol. The molecule has 0 atom stereocenters. The van der Waals surface area contributed by atoms with Gasteiger partial charge in [0.25, 0.3) is 10.2 Å². The van der Waals surface area contributed by atoms with Crippen LogP contribution in [0.15, 0.2) is 6.33 Å². The molecule has 4 heterocycles. The molecule has 2 aromatic rings. The van der Waals surface area contributed by atoms with Crippen molar-refractivity contribution in [3.05, 3.63) is 16.8 Å². The highest BCUT2D eigenvalue weighted by atomic mass is 32.2. The number of likely N-dealkylation sites (N-methyl/N-ethyl adjacent to an activating group) is 1. The van der Waals surface area contributed by atoms with Crippen LogP contribution in [0.1, 0.15) is 49.0 Å². The molecule has 0 unspecified atom stereocenters. The highest BCUT2D eigenvalue weighted by Crippen LogP contribution is 2.38. The van der Waals surface area contributed by atoms with Gasteiger partial charge in [0, 0.05) is 43.1 Å². The molecule has 0 aromatic carbocycles. The number of rotatable bonds is 6. The summed E-state index contributed by atoms with van der Waals surface area (Å²) >= 11 is 1.61. The third-order valence-corrected chi connectivity index (χ3v) is 9.69. The molecule has 12 heteroatoms. The number of hydrogen-bond acceptors (Lipinski definition) is 8. The second-order valence-corrected chi connectivity index (χ2v) is 12.3. The van der Waals surface area contributed by atoms with Crippen molar-refractivity contribution in [3.63, 3.8) is 0 Å². The monoisotopic (exact) mass is 507 g/mol. The van der Waals surface area contributed by atoms with Crippen LogP contribution in [0.25, 0.3) is 10.2 Å². The third-order valence-electron chi connectivity index (χ3n) is 7.46. The van der Waals surface area contributed by atoms with Crippen LogP contribution < -0.4 is 10.5 Å². The first-order valence-corrected chi connectivity index (χ1v) is 14.4. The maximum atomic E-state index is 12.5. The zero-order chi connectivity index (χ0) is 23.9. The minimum Gasteiger partial charge on any atom is -0.367 e. The second-order valence-electron chi connectivity index (χ2n) is 9.69. The summed E-state index contributed by atoms with van der Waals surface area (Å²) in [6.45, 7) is 2.96. The van der Waals surface area contributed by atoms with Crippen LogP contribution in [0.5, 0.6) is 0 Å². The van der Waals surface area contributed by atoms with Crippen LogP contribution in [0, 0.1) is 0 Å². The molecule has 1 saturated carbocycles. The molecule has 2 aromatic heterocycles. The molecule has 5 rings (SSSR count). The molecule has 2 fully saturated rings. The molecule has 34 heavy (non-hydrogen) atoms. The normalized spacial score (nSPS) is 24.0. The Morgan fingerprint density at radius 1 is 1.21 bits per heavy atom. The topological polar surface area (TPSA) is 125 Å². The van der Waals surface area contributed by atoms with Crippen molar-refractivity contribution in [3.8, 4) is 0 Å². The van der Waals surface area contributed by atoms with Gasteiger partial charge >= 0.3 is 0 Å². The minimum atomic E-state index is -3.74. The zero-order valence-electron chi connectivity index (χ0n) is 19.6. The predicted molar refractivity (Wildman–Crippen MR) is 133 cm³/mol. The van der Waals surface area contributed by atoms with Gasteiger partial charge in [-0.2, -0.15) is 12.7 Å². The third kappa shape index (κ3) is 4.92. The standard InChI is InChI=1S/C22H33N7O3S2/c1-27(13-19(30)28-9-2-3-10-28)16-6-4-15(5-7-16)26-21-20-17-12-29(34(23,31)32)11-8-18(17)33-22(20)25-14-24-21/h14-16H,2-13H2,1H3,(H2,23,31,32)(H,24,25,26)/t15-,16-. The SMILES string of the molecule is CN(CC(=O)N1CCCC1)[C@H]1CC[C@H](Nc2ncnc3sc4c(c23)CN(S(N)(=O)=O)CC4)CC1. The lowest BCUT2D eigenvalue weighted by Gasteiger charge is -2.35. The Morgan fingerprint density at radius 2 is 1.94 bits per heavy atom. The van der Waals surface area contributed by atoms with E-state index >= 15 is 0 Å². The molecule has 1 aliphatic carbocycles. The maximum Gasteiger partial charge on any atom is 0.277 e. The highest BCUT2D eigenvalue weighted by molar-refractivity contribution is 7.86. The van der Waals surface area contributed by atoms with Gasteiger partial charge in [0.1, 0.15) is 17.0 Å². The molecule has 0 radical (unpaired) electrons. The number of anilines is 1. The van der Waals surface area contributed by atoms with E-state index in [1.807, 2.05) is 4.90 Å². The molecule has 186 valence electrons. The number of thiophene rings is 1. The minimum absolute atomic E-state index is 0.249. The van der Waals surface area contributed by atoms with Crippen LogP contribution in [0.4, 0.5) is 5.82 Å². The summed E-state index contributed by atoms with van der Waals surface area (Å²) < 4.78 is 25.2. The number of likely N-dealkylation sites (tertiary alicyclic amines) is 1. The molecule has 2 aliphatic heterocycles. The van der Waals surface area contributed by atoms with Crippen LogP contribution in [0.2, 0.25) is 0 Å². The Morgan fingerprint density at radius 3 is 2.65 bits per heavy atom. The number of nitrogens with zero attached hydrogens (tertiary/aromatic N) is 5. The Hall–Kier alpha value is -1.86. The fourth-order valence-electron chi connectivity index (χ4n) is 5.48. The van der Waals surface area contributed by atoms with E-state index in [1.165, 1.54) is 4.31 Å². The number of aromatic nitrogens is 2. The Kier molecular flexibility index (Phi) is 6.77. The number of carbonyl (C=O) groups excluding carboxylic acids is 1. The lowest BCUT2D eigenvalue weighted by atomic mass is 9.90. The van der Waals surface area contributed by atoms with Crippen molar-refractivity contribution in [2.75, 3.05) is 38.5 Å². The van der Waals surface area contributed by atoms with E-state index < -0.39 is 10.2 Å². The van der Waals surface area contributed by atoms with Crippen molar-refractivity contribution in [1.82, 2.24) is 24.1 Å². The average molecular weight is 508 g/mol. The van der Waals surface area contributed by atoms with Gasteiger partial charge in [-0.1, -0.05) is 0 Å². The predicted octanol–water partition coefficient (Wildman–Crippen LogP) is 1.53. The smallest absolute Gasteiger partial charge is 0.277 e. The number of carbonyl (C=O) groups is 1. The highest BCUT2D eigenvalue weighted by Gasteiger charge is 2.30. The van der Waals surface area contributed by atoms with Gasteiger partial charge < -0.3 is 10.2 Å². The van der Waals surface area contributed by atoms with Crippen molar-refractivity contribution in [1.29, 1.82) is 0 Å². The van der Waals surface area contributed by atoms with E-state index in [0.717, 1.165) is 78.1 Å². The van der Waals surface area contributed by atoms with Crippen LogP contribution in [-0.2, 0) is 28.0 Å². The molecule has 1 amide bonds. The quantitative estimate of drug-likeness (QED) is 0.607. The van der Waals surface area contributed by atoms with Crippen LogP contribution >= 0.6 is 11.3 Å². The fraction of sp³-hybridized carbons (Fsp3) is 0.682. The summed E-state index contributed by atoms with van der Waals surface area (Å²) in [7, 11) is -1.67. The first-order valence-electron chi connectivity index (χ1n) is 12.1. The molecular formula is C22H33N7O3S2. The lowest BCUT2D eigenvalue weighted by molar-refractivity contribution is -0.131. The summed E-state index contributed by atoms with van der Waals surface area (Å²) in [5.74, 6) is 1.03. The van der Waals surface area contributed by atoms with Gasteiger partial charge in [-0.25, -0.2) is 15.1 Å². The largest absolute Gasteiger partial charge is 0.367 e. The summed E-state index contributed by atoms with van der Waals surface area (Å²) in [4.78, 5) is 27.7. The molecule has 3 aliphatic rings. The van der Waals surface area contributed by atoms with Gasteiger partial charge in [0.2, 0.25) is 5.91 Å². The Bertz CT molecular complexity index is 1150. The van der Waals surface area contributed by atoms with Crippen molar-refractivity contribution >= 4 is 43.5 Å². The number of nitrogens with one attached hydrogen (secondary N) is 1. The van der Waals surface area contributed by atoms with Gasteiger partial charge in [0.05, 0.1) is 11.9 Å². The van der Waals surface area contributed by atoms with E-state index in [9.17, 15) is 13.2 Å².